The molecule has 0 aromatic rings. The van der Waals surface area contributed by atoms with Gasteiger partial charge < -0.3 is 30.9 Å². The van der Waals surface area contributed by atoms with Gasteiger partial charge in [0.2, 0.25) is 0 Å². The van der Waals surface area contributed by atoms with E-state index in [-0.39, 0.29) is 49.3 Å². The Bertz CT molecular complexity index is 1080. The van der Waals surface area contributed by atoms with Crippen LogP contribution < -0.4 is 16.4 Å². The Balaban J connectivity index is 1.36. The van der Waals surface area contributed by atoms with E-state index in [0.717, 1.165) is 82.9 Å². The number of nitrogens with one attached hydrogen (secondary N) is 2. The maximum absolute atomic E-state index is 14.2. The van der Waals surface area contributed by atoms with Gasteiger partial charge in [-0.15, -0.1) is 0 Å². The van der Waals surface area contributed by atoms with Crippen LogP contribution >= 0.6 is 0 Å². The van der Waals surface area contributed by atoms with Gasteiger partial charge in [0.25, 0.3) is 5.60 Å². The molecule has 0 bridgehead atoms. The fraction of sp³-hybridized carbons (Fsp3) is 0.853. The number of ketones is 2. The second-order valence-corrected chi connectivity index (χ2v) is 14.2. The molecule has 2 saturated heterocycles. The van der Waals surface area contributed by atoms with Crippen LogP contribution in [0.2, 0.25) is 0 Å². The van der Waals surface area contributed by atoms with Crippen LogP contribution in [0.15, 0.2) is 11.1 Å². The topological polar surface area (TPSA) is 143 Å². The average Bonchev–Trinajstić information content (AvgIpc) is 3.72. The zero-order chi connectivity index (χ0) is 30.8. The number of aliphatic hydroxyl groups is 1. The largest absolute Gasteiger partial charge is 0.463 e. The number of ether oxygens (including phenoxy) is 2. The van der Waals surface area contributed by atoms with Gasteiger partial charge in [-0.25, -0.2) is 4.79 Å². The van der Waals surface area contributed by atoms with Crippen LogP contribution in [0.4, 0.5) is 0 Å². The van der Waals surface area contributed by atoms with E-state index in [4.69, 9.17) is 15.2 Å². The van der Waals surface area contributed by atoms with Crippen molar-refractivity contribution in [3.05, 3.63) is 11.1 Å². The molecule has 5 fully saturated rings. The minimum absolute atomic E-state index is 0.00884. The Hall–Kier alpha value is -1.65. The molecule has 5 rings (SSSR count). The normalized spacial score (nSPS) is 39.9. The fourth-order valence-corrected chi connectivity index (χ4v) is 8.85. The molecule has 0 aromatic heterocycles. The summed E-state index contributed by atoms with van der Waals surface area (Å²) in [6, 6.07) is 0.260. The van der Waals surface area contributed by atoms with Crippen LogP contribution in [0, 0.1) is 29.6 Å². The van der Waals surface area contributed by atoms with Gasteiger partial charge in [-0.3, -0.25) is 9.59 Å². The van der Waals surface area contributed by atoms with Crippen molar-refractivity contribution >= 4 is 17.5 Å². The van der Waals surface area contributed by atoms with Crippen LogP contribution in [0.3, 0.4) is 0 Å². The van der Waals surface area contributed by atoms with E-state index in [1.807, 2.05) is 6.92 Å². The first-order valence-electron chi connectivity index (χ1n) is 17.2. The molecule has 2 heterocycles. The van der Waals surface area contributed by atoms with E-state index in [2.05, 4.69) is 24.5 Å². The molecule has 3 saturated carbocycles. The zero-order valence-electron chi connectivity index (χ0n) is 26.6. The van der Waals surface area contributed by atoms with Gasteiger partial charge in [-0.05, 0) is 95.2 Å². The van der Waals surface area contributed by atoms with Gasteiger partial charge in [0.15, 0.2) is 17.2 Å². The molecule has 9 heteroatoms. The Labute approximate surface area is 257 Å². The van der Waals surface area contributed by atoms with Crippen molar-refractivity contribution in [2.24, 2.45) is 35.3 Å². The van der Waals surface area contributed by atoms with Crippen LogP contribution in [-0.4, -0.2) is 72.4 Å². The number of allylic oxidation sites excluding steroid dienone is 1. The van der Waals surface area contributed by atoms with Crippen LogP contribution in [0.1, 0.15) is 104 Å². The first kappa shape index (κ1) is 32.7. The highest BCUT2D eigenvalue weighted by molar-refractivity contribution is 6.23. The number of Topliss-reactive ketones (excluding diaryl/α,β-unsaturated/α-hetero) is 2. The van der Waals surface area contributed by atoms with Crippen molar-refractivity contribution in [3.63, 3.8) is 0 Å². The molecule has 0 aromatic carbocycles. The summed E-state index contributed by atoms with van der Waals surface area (Å²) in [7, 11) is 0. The first-order valence-corrected chi connectivity index (χ1v) is 17.2. The number of piperidine rings is 1. The van der Waals surface area contributed by atoms with Gasteiger partial charge in [0.05, 0.1) is 19.4 Å². The summed E-state index contributed by atoms with van der Waals surface area (Å²) < 4.78 is 12.2. The highest BCUT2D eigenvalue weighted by Gasteiger charge is 2.87. The summed E-state index contributed by atoms with van der Waals surface area (Å²) in [5.74, 6) is -0.813. The Morgan fingerprint density at radius 1 is 1.07 bits per heavy atom. The summed E-state index contributed by atoms with van der Waals surface area (Å²) >= 11 is 0. The van der Waals surface area contributed by atoms with E-state index in [1.165, 1.54) is 0 Å². The number of carbonyl (C=O) groups is 3. The number of hydrogen-bond acceptors (Lipinski definition) is 9. The third-order valence-electron chi connectivity index (χ3n) is 11.6. The maximum Gasteiger partial charge on any atom is 0.350 e. The number of rotatable bonds is 12. The van der Waals surface area contributed by atoms with E-state index >= 15 is 0 Å². The monoisotopic (exact) mass is 601 g/mol. The number of carbonyl (C=O) groups excluding carboxylic acids is 3. The highest BCUT2D eigenvalue weighted by Crippen LogP contribution is 2.62. The maximum atomic E-state index is 14.2. The number of aliphatic hydroxyl groups excluding tert-OH is 1. The first-order chi connectivity index (χ1) is 20.7. The molecular formula is C34H55N3O6. The SMILES string of the molecule is CCN[C@@H]1CC[C@H](CC)C[C@H]1COC(=O)[C@]12O[C@@]1(CC(CO)=C(C)CCC1CCNC(N)C1)C(=O)C1CCCCC1C2=O. The summed E-state index contributed by atoms with van der Waals surface area (Å²) in [4.78, 5) is 42.4. The molecule has 2 aliphatic heterocycles. The predicted molar refractivity (Wildman–Crippen MR) is 164 cm³/mol. The van der Waals surface area contributed by atoms with Crippen LogP contribution in [0.5, 0.6) is 0 Å². The van der Waals surface area contributed by atoms with Gasteiger partial charge in [-0.2, -0.15) is 0 Å². The third-order valence-corrected chi connectivity index (χ3v) is 11.6. The summed E-state index contributed by atoms with van der Waals surface area (Å²) in [5, 5.41) is 17.3. The quantitative estimate of drug-likeness (QED) is 0.114. The summed E-state index contributed by atoms with van der Waals surface area (Å²) in [6.07, 6.45) is 11.0. The lowest BCUT2D eigenvalue weighted by molar-refractivity contribution is -0.160. The van der Waals surface area contributed by atoms with Gasteiger partial charge in [0, 0.05) is 30.2 Å². The second-order valence-electron chi connectivity index (χ2n) is 14.2. The molecule has 5 aliphatic rings. The van der Waals surface area contributed by atoms with Crippen molar-refractivity contribution in [1.82, 2.24) is 10.6 Å². The third kappa shape index (κ3) is 6.26. The molecule has 5 N–H and O–H groups in total. The van der Waals surface area contributed by atoms with Gasteiger partial charge in [0.1, 0.15) is 0 Å². The van der Waals surface area contributed by atoms with E-state index < -0.39 is 29.0 Å². The minimum atomic E-state index is -1.89. The van der Waals surface area contributed by atoms with Crippen molar-refractivity contribution in [3.8, 4) is 0 Å². The molecule has 0 amide bonds. The number of hydrogen-bond donors (Lipinski definition) is 4. The molecule has 43 heavy (non-hydrogen) atoms. The zero-order valence-corrected chi connectivity index (χ0v) is 26.6. The molecule has 242 valence electrons. The Kier molecular flexibility index (Phi) is 10.5. The summed E-state index contributed by atoms with van der Waals surface area (Å²) in [5.41, 5.74) is 4.32. The van der Waals surface area contributed by atoms with Gasteiger partial charge in [-0.1, -0.05) is 38.7 Å². The minimum Gasteiger partial charge on any atom is -0.463 e. The van der Waals surface area contributed by atoms with E-state index in [1.54, 1.807) is 0 Å². The lowest BCUT2D eigenvalue weighted by Gasteiger charge is -2.38. The number of epoxide rings is 1. The van der Waals surface area contributed by atoms with Crippen LogP contribution in [0.25, 0.3) is 0 Å². The average molecular weight is 602 g/mol. The van der Waals surface area contributed by atoms with Gasteiger partial charge >= 0.3 is 5.97 Å². The lowest BCUT2D eigenvalue weighted by atomic mass is 9.60. The van der Waals surface area contributed by atoms with E-state index in [0.29, 0.717) is 30.3 Å². The molecule has 9 atom stereocenters. The second kappa shape index (κ2) is 13.8. The standard InChI is InChI=1S/C34H55N3O6/c1-4-22-12-13-28(36-5-2)24(16-22)20-42-32(41)34-31(40)27-9-7-6-8-26(27)30(39)33(34,43-34)18-25(19-38)21(3)10-11-23-14-15-37-29(35)17-23/h22-24,26-29,36-38H,4-20,35H2,1-3H3/t22-,23?,24-,26?,27?,28+,29?,33-,34-/m0/s1. The number of nitrogens with two attached hydrogens (primary N) is 1. The predicted octanol–water partition coefficient (Wildman–Crippen LogP) is 3.56. The molecule has 0 spiro atoms. The highest BCUT2D eigenvalue weighted by atomic mass is 16.7. The smallest absolute Gasteiger partial charge is 0.350 e. The lowest BCUT2D eigenvalue weighted by Crippen LogP contribution is -2.58. The van der Waals surface area contributed by atoms with Crippen molar-refractivity contribution in [2.45, 2.75) is 128 Å². The number of fused-ring (bicyclic) bond motifs is 2. The Morgan fingerprint density at radius 2 is 1.81 bits per heavy atom. The number of esters is 1. The molecular weight excluding hydrogens is 546 g/mol. The van der Waals surface area contributed by atoms with Crippen molar-refractivity contribution in [1.29, 1.82) is 0 Å². The molecule has 4 unspecified atom stereocenters. The molecule has 3 aliphatic carbocycles. The fourth-order valence-electron chi connectivity index (χ4n) is 8.85. The summed E-state index contributed by atoms with van der Waals surface area (Å²) in [6.45, 7) is 7.99. The Morgan fingerprint density at radius 3 is 2.49 bits per heavy atom. The van der Waals surface area contributed by atoms with Crippen molar-refractivity contribution < 1.29 is 29.0 Å². The molecule has 0 radical (unpaired) electrons. The van der Waals surface area contributed by atoms with E-state index in [9.17, 15) is 19.5 Å². The molecule has 9 nitrogen and oxygen atoms in total. The van der Waals surface area contributed by atoms with Crippen molar-refractivity contribution in [2.75, 3.05) is 26.3 Å². The van der Waals surface area contributed by atoms with Crippen LogP contribution in [-0.2, 0) is 23.9 Å².